The summed E-state index contributed by atoms with van der Waals surface area (Å²) in [6.45, 7) is 2.75. The van der Waals surface area contributed by atoms with E-state index < -0.39 is 0 Å². The van der Waals surface area contributed by atoms with Crippen LogP contribution < -0.4 is 10.1 Å². The monoisotopic (exact) mass is 235 g/mol. The summed E-state index contributed by atoms with van der Waals surface area (Å²) in [6, 6.07) is 6.64. The number of ether oxygens (including phenoxy) is 1. The predicted molar refractivity (Wildman–Crippen MR) is 65.2 cm³/mol. The number of benzene rings is 1. The van der Waals surface area contributed by atoms with Crippen LogP contribution in [0.3, 0.4) is 0 Å². The molecule has 0 fully saturated rings. The molecular formula is C13H17NO3. The Morgan fingerprint density at radius 1 is 1.35 bits per heavy atom. The van der Waals surface area contributed by atoms with E-state index in [9.17, 15) is 9.59 Å². The van der Waals surface area contributed by atoms with E-state index in [0.717, 1.165) is 19.1 Å². The minimum atomic E-state index is -0.127. The van der Waals surface area contributed by atoms with E-state index >= 15 is 0 Å². The molecule has 4 nitrogen and oxygen atoms in total. The Morgan fingerprint density at radius 3 is 2.65 bits per heavy atom. The average molecular weight is 235 g/mol. The van der Waals surface area contributed by atoms with Gasteiger partial charge in [-0.15, -0.1) is 0 Å². The lowest BCUT2D eigenvalue weighted by molar-refractivity contribution is -0.123. The van der Waals surface area contributed by atoms with Gasteiger partial charge in [-0.2, -0.15) is 0 Å². The van der Waals surface area contributed by atoms with Gasteiger partial charge in [0, 0.05) is 12.1 Å². The van der Waals surface area contributed by atoms with Crippen molar-refractivity contribution in [1.29, 1.82) is 0 Å². The van der Waals surface area contributed by atoms with Gasteiger partial charge in [0.05, 0.1) is 0 Å². The van der Waals surface area contributed by atoms with Crippen molar-refractivity contribution in [3.05, 3.63) is 29.8 Å². The van der Waals surface area contributed by atoms with E-state index in [2.05, 4.69) is 12.2 Å². The molecule has 0 aliphatic carbocycles. The second-order valence-corrected chi connectivity index (χ2v) is 3.68. The quantitative estimate of drug-likeness (QED) is 0.579. The van der Waals surface area contributed by atoms with Gasteiger partial charge in [0.1, 0.15) is 12.0 Å². The maximum Gasteiger partial charge on any atom is 0.257 e. The van der Waals surface area contributed by atoms with Crippen LogP contribution in [0.2, 0.25) is 0 Å². The molecule has 1 aromatic rings. The van der Waals surface area contributed by atoms with Crippen molar-refractivity contribution in [3.63, 3.8) is 0 Å². The number of carbonyl (C=O) groups excluding carboxylic acids is 2. The number of hydrogen-bond acceptors (Lipinski definition) is 3. The summed E-state index contributed by atoms with van der Waals surface area (Å²) in [4.78, 5) is 21.7. The molecule has 0 bridgehead atoms. The number of rotatable bonds is 7. The van der Waals surface area contributed by atoms with E-state index in [1.165, 1.54) is 0 Å². The lowest BCUT2D eigenvalue weighted by Gasteiger charge is -2.06. The van der Waals surface area contributed by atoms with Crippen LogP contribution in [0.5, 0.6) is 5.75 Å². The van der Waals surface area contributed by atoms with E-state index in [4.69, 9.17) is 4.74 Å². The van der Waals surface area contributed by atoms with E-state index in [0.29, 0.717) is 17.9 Å². The number of carbonyl (C=O) groups is 2. The maximum atomic E-state index is 11.3. The molecule has 0 aromatic heterocycles. The van der Waals surface area contributed by atoms with Crippen molar-refractivity contribution in [2.45, 2.75) is 19.8 Å². The molecule has 92 valence electrons. The summed E-state index contributed by atoms with van der Waals surface area (Å²) in [5.41, 5.74) is 0.588. The van der Waals surface area contributed by atoms with Crippen LogP contribution in [0, 0.1) is 0 Å². The zero-order valence-corrected chi connectivity index (χ0v) is 9.94. The first-order valence-corrected chi connectivity index (χ1v) is 5.71. The van der Waals surface area contributed by atoms with Gasteiger partial charge >= 0.3 is 0 Å². The normalized spacial score (nSPS) is 9.71. The average Bonchev–Trinajstić information content (AvgIpc) is 2.37. The minimum absolute atomic E-state index is 0.00412. The van der Waals surface area contributed by atoms with Crippen LogP contribution in [0.1, 0.15) is 30.1 Å². The summed E-state index contributed by atoms with van der Waals surface area (Å²) < 4.78 is 5.27. The third-order valence-corrected chi connectivity index (χ3v) is 2.24. The predicted octanol–water partition coefficient (Wildman–Crippen LogP) is 1.79. The van der Waals surface area contributed by atoms with Gasteiger partial charge in [0.2, 0.25) is 0 Å². The summed E-state index contributed by atoms with van der Waals surface area (Å²) in [5, 5.41) is 2.76. The van der Waals surface area contributed by atoms with Gasteiger partial charge in [-0.25, -0.2) is 0 Å². The van der Waals surface area contributed by atoms with Crippen LogP contribution in [0.25, 0.3) is 0 Å². The zero-order chi connectivity index (χ0) is 12.5. The fourth-order valence-electron chi connectivity index (χ4n) is 1.25. The van der Waals surface area contributed by atoms with Gasteiger partial charge in [0.25, 0.3) is 5.91 Å². The number of nitrogens with one attached hydrogen (secondary N) is 1. The Kier molecular flexibility index (Phi) is 5.79. The molecule has 4 heteroatoms. The molecule has 0 saturated carbocycles. The molecule has 1 aromatic carbocycles. The van der Waals surface area contributed by atoms with Gasteiger partial charge in [-0.05, 0) is 30.7 Å². The molecule has 1 rings (SSSR count). The largest absolute Gasteiger partial charge is 0.484 e. The highest BCUT2D eigenvalue weighted by molar-refractivity contribution is 5.77. The van der Waals surface area contributed by atoms with E-state index in [-0.39, 0.29) is 12.5 Å². The fraction of sp³-hybridized carbons (Fsp3) is 0.385. The van der Waals surface area contributed by atoms with E-state index in [1.54, 1.807) is 24.3 Å². The zero-order valence-electron chi connectivity index (χ0n) is 9.94. The van der Waals surface area contributed by atoms with Crippen LogP contribution >= 0.6 is 0 Å². The van der Waals surface area contributed by atoms with Crippen molar-refractivity contribution in [2.24, 2.45) is 0 Å². The van der Waals surface area contributed by atoms with Crippen molar-refractivity contribution >= 4 is 12.2 Å². The first kappa shape index (κ1) is 13.2. The van der Waals surface area contributed by atoms with Gasteiger partial charge in [-0.3, -0.25) is 9.59 Å². The number of amides is 1. The smallest absolute Gasteiger partial charge is 0.257 e. The molecular weight excluding hydrogens is 218 g/mol. The molecule has 0 unspecified atom stereocenters. The maximum absolute atomic E-state index is 11.3. The molecule has 0 heterocycles. The van der Waals surface area contributed by atoms with Crippen LogP contribution in [-0.2, 0) is 4.79 Å². The molecule has 17 heavy (non-hydrogen) atoms. The molecule has 0 aliphatic heterocycles. The third kappa shape index (κ3) is 5.15. The Morgan fingerprint density at radius 2 is 2.06 bits per heavy atom. The molecule has 0 spiro atoms. The lowest BCUT2D eigenvalue weighted by atomic mass is 10.2. The van der Waals surface area contributed by atoms with Gasteiger partial charge in [-0.1, -0.05) is 13.3 Å². The molecule has 0 saturated heterocycles. The highest BCUT2D eigenvalue weighted by atomic mass is 16.5. The summed E-state index contributed by atoms with van der Waals surface area (Å²) in [5.74, 6) is 0.458. The van der Waals surface area contributed by atoms with Crippen molar-refractivity contribution < 1.29 is 14.3 Å². The fourth-order valence-corrected chi connectivity index (χ4v) is 1.25. The first-order valence-electron chi connectivity index (χ1n) is 5.71. The highest BCUT2D eigenvalue weighted by Gasteiger charge is 2.01. The minimum Gasteiger partial charge on any atom is -0.484 e. The third-order valence-electron chi connectivity index (χ3n) is 2.24. The van der Waals surface area contributed by atoms with Gasteiger partial charge < -0.3 is 10.1 Å². The molecule has 0 atom stereocenters. The Balaban J connectivity index is 2.29. The SMILES string of the molecule is CCCCNC(=O)COc1ccc(C=O)cc1. The molecule has 1 N–H and O–H groups in total. The van der Waals surface area contributed by atoms with Crippen LogP contribution in [-0.4, -0.2) is 25.3 Å². The Hall–Kier alpha value is -1.84. The second kappa shape index (κ2) is 7.44. The van der Waals surface area contributed by atoms with Crippen molar-refractivity contribution in [3.8, 4) is 5.75 Å². The van der Waals surface area contributed by atoms with Crippen molar-refractivity contribution in [1.82, 2.24) is 5.32 Å². The topological polar surface area (TPSA) is 55.4 Å². The number of unbranched alkanes of at least 4 members (excludes halogenated alkanes) is 1. The van der Waals surface area contributed by atoms with Crippen LogP contribution in [0.4, 0.5) is 0 Å². The highest BCUT2D eigenvalue weighted by Crippen LogP contribution is 2.10. The lowest BCUT2D eigenvalue weighted by Crippen LogP contribution is -2.29. The van der Waals surface area contributed by atoms with Gasteiger partial charge in [0.15, 0.2) is 6.61 Å². The van der Waals surface area contributed by atoms with Crippen molar-refractivity contribution in [2.75, 3.05) is 13.2 Å². The van der Waals surface area contributed by atoms with Crippen LogP contribution in [0.15, 0.2) is 24.3 Å². The first-order chi connectivity index (χ1) is 8.26. The van der Waals surface area contributed by atoms with E-state index in [1.807, 2.05) is 0 Å². The summed E-state index contributed by atoms with van der Waals surface area (Å²) >= 11 is 0. The molecule has 0 radical (unpaired) electrons. The Labute approximate surface area is 101 Å². The molecule has 0 aliphatic rings. The second-order valence-electron chi connectivity index (χ2n) is 3.68. The standard InChI is InChI=1S/C13H17NO3/c1-2-3-8-14-13(16)10-17-12-6-4-11(9-15)5-7-12/h4-7,9H,2-3,8,10H2,1H3,(H,14,16). The summed E-state index contributed by atoms with van der Waals surface area (Å²) in [6.07, 6.45) is 2.79. The number of hydrogen-bond donors (Lipinski definition) is 1. The number of aldehydes is 1. The Bertz CT molecular complexity index is 359. The molecule has 1 amide bonds. The summed E-state index contributed by atoms with van der Waals surface area (Å²) in [7, 11) is 0.